The first kappa shape index (κ1) is 13.8. The lowest BCUT2D eigenvalue weighted by Crippen LogP contribution is -2.37. The summed E-state index contributed by atoms with van der Waals surface area (Å²) in [5, 5.41) is 4.53. The van der Waals surface area contributed by atoms with Crippen molar-refractivity contribution in [1.29, 1.82) is 0 Å². The van der Waals surface area contributed by atoms with E-state index in [-0.39, 0.29) is 0 Å². The topological polar surface area (TPSA) is 38.1 Å². The van der Waals surface area contributed by atoms with Gasteiger partial charge in [-0.25, -0.2) is 0 Å². The van der Waals surface area contributed by atoms with E-state index >= 15 is 0 Å². The first-order chi connectivity index (χ1) is 9.69. The number of Topliss-reactive ketones (excluding diaryl/α,β-unsaturated/α-hetero) is 1. The molecule has 2 aliphatic rings. The van der Waals surface area contributed by atoms with E-state index in [1.165, 1.54) is 18.5 Å². The molecule has 0 radical (unpaired) electrons. The van der Waals surface area contributed by atoms with E-state index in [1.54, 1.807) is 0 Å². The Kier molecular flexibility index (Phi) is 3.92. The number of carbonyl (C=O) groups excluding carboxylic acids is 1. The fourth-order valence-corrected chi connectivity index (χ4v) is 3.85. The lowest BCUT2D eigenvalue weighted by molar-refractivity contribution is -0.122. The van der Waals surface area contributed by atoms with E-state index in [1.807, 2.05) is 11.7 Å². The molecule has 4 heteroatoms. The molecular formula is C16H25N3O. The van der Waals surface area contributed by atoms with Gasteiger partial charge in [0, 0.05) is 32.0 Å². The van der Waals surface area contributed by atoms with Gasteiger partial charge >= 0.3 is 0 Å². The van der Waals surface area contributed by atoms with Crippen LogP contribution in [0.1, 0.15) is 50.4 Å². The molecule has 4 nitrogen and oxygen atoms in total. The number of hydrogen-bond donors (Lipinski definition) is 0. The van der Waals surface area contributed by atoms with Crippen LogP contribution in [0.15, 0.2) is 6.07 Å². The number of ketones is 1. The molecule has 1 aromatic rings. The Labute approximate surface area is 121 Å². The summed E-state index contributed by atoms with van der Waals surface area (Å²) in [6.07, 6.45) is 6.41. The summed E-state index contributed by atoms with van der Waals surface area (Å²) in [7, 11) is 2.03. The zero-order valence-corrected chi connectivity index (χ0v) is 12.6. The lowest BCUT2D eigenvalue weighted by Gasteiger charge is -2.28. The van der Waals surface area contributed by atoms with Gasteiger partial charge in [0.05, 0.1) is 11.4 Å². The summed E-state index contributed by atoms with van der Waals surface area (Å²) in [5.74, 6) is 0.803. The van der Waals surface area contributed by atoms with Crippen molar-refractivity contribution < 1.29 is 4.79 Å². The molecule has 1 aliphatic carbocycles. The monoisotopic (exact) mass is 275 g/mol. The zero-order valence-electron chi connectivity index (χ0n) is 12.6. The van der Waals surface area contributed by atoms with Gasteiger partial charge in [-0.1, -0.05) is 6.92 Å². The van der Waals surface area contributed by atoms with Crippen LogP contribution in [0.3, 0.4) is 0 Å². The minimum absolute atomic E-state index is 0.302. The zero-order chi connectivity index (χ0) is 14.1. The highest BCUT2D eigenvalue weighted by Crippen LogP contribution is 2.34. The van der Waals surface area contributed by atoms with Crippen molar-refractivity contribution in [3.63, 3.8) is 0 Å². The average Bonchev–Trinajstić information content (AvgIpc) is 3.12. The number of carbonyl (C=O) groups is 1. The number of likely N-dealkylation sites (tertiary alicyclic amines) is 1. The summed E-state index contributed by atoms with van der Waals surface area (Å²) in [4.78, 5) is 14.6. The van der Waals surface area contributed by atoms with Crippen LogP contribution in [0.5, 0.6) is 0 Å². The molecule has 0 spiro atoms. The Balaban J connectivity index is 1.72. The van der Waals surface area contributed by atoms with E-state index in [0.717, 1.165) is 44.5 Å². The third kappa shape index (κ3) is 2.53. The van der Waals surface area contributed by atoms with Crippen molar-refractivity contribution in [1.82, 2.24) is 14.7 Å². The Morgan fingerprint density at radius 2 is 2.20 bits per heavy atom. The number of rotatable bonds is 4. The molecule has 20 heavy (non-hydrogen) atoms. The van der Waals surface area contributed by atoms with Crippen LogP contribution >= 0.6 is 0 Å². The van der Waals surface area contributed by atoms with E-state index in [4.69, 9.17) is 0 Å². The molecule has 110 valence electrons. The molecule has 2 heterocycles. The molecular weight excluding hydrogens is 250 g/mol. The smallest absolute Gasteiger partial charge is 0.137 e. The van der Waals surface area contributed by atoms with Crippen molar-refractivity contribution >= 4 is 5.78 Å². The van der Waals surface area contributed by atoms with Crippen LogP contribution in [-0.4, -0.2) is 33.1 Å². The summed E-state index contributed by atoms with van der Waals surface area (Å²) < 4.78 is 2.00. The van der Waals surface area contributed by atoms with Crippen LogP contribution in [0, 0.1) is 5.92 Å². The second kappa shape index (κ2) is 5.68. The summed E-state index contributed by atoms with van der Waals surface area (Å²) in [5.41, 5.74) is 2.44. The fourth-order valence-electron chi connectivity index (χ4n) is 3.85. The second-order valence-corrected chi connectivity index (χ2v) is 6.25. The minimum Gasteiger partial charge on any atom is -0.299 e. The van der Waals surface area contributed by atoms with Crippen LogP contribution in [-0.2, 0) is 24.8 Å². The highest BCUT2D eigenvalue weighted by molar-refractivity contribution is 5.83. The Morgan fingerprint density at radius 1 is 1.35 bits per heavy atom. The summed E-state index contributed by atoms with van der Waals surface area (Å²) in [6, 6.07) is 2.69. The first-order valence-corrected chi connectivity index (χ1v) is 7.97. The predicted molar refractivity (Wildman–Crippen MR) is 78.4 cm³/mol. The minimum atomic E-state index is 0.302. The van der Waals surface area contributed by atoms with Crippen molar-refractivity contribution in [3.05, 3.63) is 17.5 Å². The average molecular weight is 275 g/mol. The maximum atomic E-state index is 12.0. The lowest BCUT2D eigenvalue weighted by atomic mass is 9.95. The van der Waals surface area contributed by atoms with Crippen molar-refractivity contribution in [2.75, 3.05) is 6.54 Å². The molecule has 1 saturated heterocycles. The van der Waals surface area contributed by atoms with Gasteiger partial charge in [0.1, 0.15) is 5.78 Å². The van der Waals surface area contributed by atoms with Crippen molar-refractivity contribution in [2.24, 2.45) is 13.0 Å². The largest absolute Gasteiger partial charge is 0.299 e. The fraction of sp³-hybridized carbons (Fsp3) is 0.750. The van der Waals surface area contributed by atoms with Gasteiger partial charge in [-0.3, -0.25) is 14.4 Å². The Hall–Kier alpha value is -1.16. The van der Waals surface area contributed by atoms with Crippen LogP contribution in [0.2, 0.25) is 0 Å². The third-order valence-corrected chi connectivity index (χ3v) is 4.99. The molecule has 1 saturated carbocycles. The van der Waals surface area contributed by atoms with Crippen LogP contribution < -0.4 is 0 Å². The summed E-state index contributed by atoms with van der Waals surface area (Å²) >= 11 is 0. The highest BCUT2D eigenvalue weighted by atomic mass is 16.1. The molecule has 0 bridgehead atoms. The maximum Gasteiger partial charge on any atom is 0.137 e. The highest BCUT2D eigenvalue weighted by Gasteiger charge is 2.38. The quantitative estimate of drug-likeness (QED) is 0.846. The standard InChI is InChI=1S/C16H25N3O/c1-3-12-10-13(18(2)17-12)11-19-9-5-7-15(19)14-6-4-8-16(14)20/h10,14-15H,3-9,11H2,1-2H3. The van der Waals surface area contributed by atoms with E-state index < -0.39 is 0 Å². The number of aryl methyl sites for hydroxylation is 2. The number of hydrogen-bond acceptors (Lipinski definition) is 3. The van der Waals surface area contributed by atoms with Gasteiger partial charge in [0.15, 0.2) is 0 Å². The Morgan fingerprint density at radius 3 is 2.85 bits per heavy atom. The summed E-state index contributed by atoms with van der Waals surface area (Å²) in [6.45, 7) is 4.21. The molecule has 0 N–H and O–H groups in total. The molecule has 2 unspecified atom stereocenters. The van der Waals surface area contributed by atoms with Gasteiger partial charge in [-0.2, -0.15) is 5.10 Å². The SMILES string of the molecule is CCc1cc(CN2CCCC2C2CCCC2=O)n(C)n1. The second-order valence-electron chi connectivity index (χ2n) is 6.25. The van der Waals surface area contributed by atoms with E-state index in [0.29, 0.717) is 17.7 Å². The van der Waals surface area contributed by atoms with Gasteiger partial charge in [0.2, 0.25) is 0 Å². The van der Waals surface area contributed by atoms with Gasteiger partial charge in [-0.15, -0.1) is 0 Å². The molecule has 1 aromatic heterocycles. The van der Waals surface area contributed by atoms with Crippen molar-refractivity contribution in [2.45, 2.75) is 58.0 Å². The third-order valence-electron chi connectivity index (χ3n) is 4.99. The first-order valence-electron chi connectivity index (χ1n) is 7.97. The normalized spacial score (nSPS) is 27.6. The van der Waals surface area contributed by atoms with Gasteiger partial charge in [-0.05, 0) is 44.7 Å². The number of nitrogens with zero attached hydrogens (tertiary/aromatic N) is 3. The molecule has 0 amide bonds. The molecule has 0 aromatic carbocycles. The molecule has 2 atom stereocenters. The van der Waals surface area contributed by atoms with E-state index in [2.05, 4.69) is 23.0 Å². The van der Waals surface area contributed by atoms with Gasteiger partial charge < -0.3 is 0 Å². The van der Waals surface area contributed by atoms with Crippen molar-refractivity contribution in [3.8, 4) is 0 Å². The molecule has 3 rings (SSSR count). The predicted octanol–water partition coefficient (Wildman–Crippen LogP) is 2.32. The van der Waals surface area contributed by atoms with Crippen LogP contribution in [0.4, 0.5) is 0 Å². The van der Waals surface area contributed by atoms with E-state index in [9.17, 15) is 4.79 Å². The Bertz CT molecular complexity index is 494. The molecule has 2 fully saturated rings. The molecule has 1 aliphatic heterocycles. The maximum absolute atomic E-state index is 12.0. The number of aromatic nitrogens is 2. The van der Waals surface area contributed by atoms with Crippen LogP contribution in [0.25, 0.3) is 0 Å². The van der Waals surface area contributed by atoms with Gasteiger partial charge in [0.25, 0.3) is 0 Å².